The lowest BCUT2D eigenvalue weighted by Crippen LogP contribution is -2.16. The van der Waals surface area contributed by atoms with Crippen LogP contribution in [0.15, 0.2) is 18.2 Å². The zero-order valence-corrected chi connectivity index (χ0v) is 12.0. The van der Waals surface area contributed by atoms with E-state index in [-0.39, 0.29) is 0 Å². The molecule has 0 N–H and O–H groups in total. The van der Waals surface area contributed by atoms with Crippen LogP contribution in [0.5, 0.6) is 0 Å². The first-order valence-electron chi connectivity index (χ1n) is 6.20. The first-order valence-corrected chi connectivity index (χ1v) is 7.49. The van der Waals surface area contributed by atoms with Gasteiger partial charge in [0.25, 0.3) is 0 Å². The lowest BCUT2D eigenvalue weighted by atomic mass is 9.87. The van der Waals surface area contributed by atoms with Crippen molar-refractivity contribution in [3.63, 3.8) is 0 Å². The molecule has 94 valence electrons. The van der Waals surface area contributed by atoms with Gasteiger partial charge in [0.2, 0.25) is 0 Å². The van der Waals surface area contributed by atoms with E-state index in [1.807, 2.05) is 18.2 Å². The molecule has 0 radical (unpaired) electrons. The van der Waals surface area contributed by atoms with Crippen molar-refractivity contribution in [3.8, 4) is 0 Å². The monoisotopic (exact) mass is 290 g/mol. The first-order chi connectivity index (χ1) is 8.20. The number of alkyl halides is 1. The molecule has 0 amide bonds. The molecule has 0 bridgehead atoms. The van der Waals surface area contributed by atoms with E-state index < -0.39 is 0 Å². The Morgan fingerprint density at radius 2 is 1.88 bits per heavy atom. The van der Waals surface area contributed by atoms with Gasteiger partial charge < -0.3 is 0 Å². The normalized spacial score (nSPS) is 18.5. The van der Waals surface area contributed by atoms with Crippen LogP contribution in [0.25, 0.3) is 0 Å². The van der Waals surface area contributed by atoms with E-state index in [1.165, 1.54) is 25.7 Å². The minimum absolute atomic E-state index is 0.537. The number of hydrogen-bond donors (Lipinski definition) is 0. The highest BCUT2D eigenvalue weighted by molar-refractivity contribution is 6.33. The molecule has 1 aromatic carbocycles. The van der Waals surface area contributed by atoms with Crippen LogP contribution in [0.2, 0.25) is 10.0 Å². The molecule has 1 aliphatic carbocycles. The minimum atomic E-state index is 0.537. The second-order valence-corrected chi connectivity index (χ2v) is 6.05. The fraction of sp³-hybridized carbons (Fsp3) is 0.571. The van der Waals surface area contributed by atoms with Gasteiger partial charge in [0, 0.05) is 15.9 Å². The summed E-state index contributed by atoms with van der Waals surface area (Å²) < 4.78 is 0. The van der Waals surface area contributed by atoms with Crippen LogP contribution in [-0.2, 0) is 6.42 Å². The van der Waals surface area contributed by atoms with Crippen molar-refractivity contribution in [2.75, 3.05) is 5.88 Å². The van der Waals surface area contributed by atoms with Gasteiger partial charge in [-0.15, -0.1) is 11.6 Å². The molecule has 0 aromatic heterocycles. The highest BCUT2D eigenvalue weighted by Gasteiger charge is 2.25. The summed E-state index contributed by atoms with van der Waals surface area (Å²) in [5.74, 6) is 2.02. The Balaban J connectivity index is 2.09. The van der Waals surface area contributed by atoms with E-state index in [1.54, 1.807) is 0 Å². The van der Waals surface area contributed by atoms with Gasteiger partial charge in [0.1, 0.15) is 0 Å². The zero-order valence-electron chi connectivity index (χ0n) is 9.76. The Bertz CT molecular complexity index is 370. The van der Waals surface area contributed by atoms with E-state index in [0.717, 1.165) is 27.9 Å². The Labute approximate surface area is 118 Å². The molecule has 0 saturated heterocycles. The van der Waals surface area contributed by atoms with Gasteiger partial charge in [0.15, 0.2) is 0 Å². The van der Waals surface area contributed by atoms with Gasteiger partial charge in [-0.1, -0.05) is 48.9 Å². The van der Waals surface area contributed by atoms with E-state index in [0.29, 0.717) is 11.8 Å². The molecular weight excluding hydrogens is 275 g/mol. The second-order valence-electron chi connectivity index (χ2n) is 4.90. The fourth-order valence-electron chi connectivity index (χ4n) is 2.76. The number of hydrogen-bond acceptors (Lipinski definition) is 0. The third-order valence-corrected chi connectivity index (χ3v) is 4.75. The topological polar surface area (TPSA) is 0 Å². The zero-order chi connectivity index (χ0) is 12.3. The molecule has 0 heterocycles. The van der Waals surface area contributed by atoms with Crippen LogP contribution in [0.1, 0.15) is 31.2 Å². The number of halogens is 3. The van der Waals surface area contributed by atoms with Crippen LogP contribution in [-0.4, -0.2) is 5.88 Å². The third kappa shape index (κ3) is 3.53. The Kier molecular flexibility index (Phi) is 5.02. The molecule has 2 rings (SSSR count). The second kappa shape index (κ2) is 6.31. The maximum absolute atomic E-state index is 6.20. The van der Waals surface area contributed by atoms with Crippen molar-refractivity contribution in [1.29, 1.82) is 0 Å². The van der Waals surface area contributed by atoms with Crippen molar-refractivity contribution in [3.05, 3.63) is 33.8 Å². The molecule has 3 heteroatoms. The lowest BCUT2D eigenvalue weighted by Gasteiger charge is -2.21. The molecule has 1 fully saturated rings. The third-order valence-electron chi connectivity index (χ3n) is 3.75. The average molecular weight is 292 g/mol. The summed E-state index contributed by atoms with van der Waals surface area (Å²) in [6, 6.07) is 5.68. The molecule has 0 spiro atoms. The molecule has 1 atom stereocenters. The van der Waals surface area contributed by atoms with Crippen LogP contribution in [0, 0.1) is 11.8 Å². The number of rotatable bonds is 4. The summed E-state index contributed by atoms with van der Waals surface area (Å²) in [5, 5.41) is 1.56. The van der Waals surface area contributed by atoms with Gasteiger partial charge in [-0.05, 0) is 42.0 Å². The first kappa shape index (κ1) is 13.5. The van der Waals surface area contributed by atoms with Gasteiger partial charge in [-0.2, -0.15) is 0 Å². The summed E-state index contributed by atoms with van der Waals surface area (Å²) in [7, 11) is 0. The summed E-state index contributed by atoms with van der Waals surface area (Å²) in [6.45, 7) is 0. The smallest absolute Gasteiger partial charge is 0.0439 e. The Morgan fingerprint density at radius 1 is 1.18 bits per heavy atom. The van der Waals surface area contributed by atoms with Crippen molar-refractivity contribution >= 4 is 34.8 Å². The molecule has 1 aromatic rings. The molecule has 0 aliphatic heterocycles. The quantitative estimate of drug-likeness (QED) is 0.635. The standard InChI is InChI=1S/C14H17Cl3/c15-9-12(10-3-1-2-4-10)7-11-8-13(16)5-6-14(11)17/h5-6,8,10,12H,1-4,7,9H2. The minimum Gasteiger partial charge on any atom is -0.126 e. The highest BCUT2D eigenvalue weighted by atomic mass is 35.5. The van der Waals surface area contributed by atoms with E-state index >= 15 is 0 Å². The van der Waals surface area contributed by atoms with Gasteiger partial charge in [0.05, 0.1) is 0 Å². The van der Waals surface area contributed by atoms with Crippen molar-refractivity contribution in [2.45, 2.75) is 32.1 Å². The van der Waals surface area contributed by atoms with Gasteiger partial charge in [-0.3, -0.25) is 0 Å². The fourth-order valence-corrected chi connectivity index (χ4v) is 3.51. The Hall–Kier alpha value is 0.0900. The average Bonchev–Trinajstić information content (AvgIpc) is 2.84. The van der Waals surface area contributed by atoms with Crippen molar-refractivity contribution in [1.82, 2.24) is 0 Å². The van der Waals surface area contributed by atoms with Crippen LogP contribution >= 0.6 is 34.8 Å². The number of benzene rings is 1. The Morgan fingerprint density at radius 3 is 2.53 bits per heavy atom. The summed E-state index contributed by atoms with van der Waals surface area (Å²) in [6.07, 6.45) is 6.28. The predicted molar refractivity (Wildman–Crippen MR) is 76.3 cm³/mol. The van der Waals surface area contributed by atoms with Gasteiger partial charge >= 0.3 is 0 Å². The van der Waals surface area contributed by atoms with Crippen LogP contribution in [0.4, 0.5) is 0 Å². The van der Waals surface area contributed by atoms with Crippen molar-refractivity contribution in [2.24, 2.45) is 11.8 Å². The SMILES string of the molecule is ClCC(Cc1cc(Cl)ccc1Cl)C1CCCC1. The van der Waals surface area contributed by atoms with E-state index in [2.05, 4.69) is 0 Å². The summed E-state index contributed by atoms with van der Waals surface area (Å²) >= 11 is 18.3. The van der Waals surface area contributed by atoms with Crippen LogP contribution < -0.4 is 0 Å². The van der Waals surface area contributed by atoms with Gasteiger partial charge in [-0.25, -0.2) is 0 Å². The molecule has 0 nitrogen and oxygen atoms in total. The van der Waals surface area contributed by atoms with E-state index in [9.17, 15) is 0 Å². The lowest BCUT2D eigenvalue weighted by molar-refractivity contribution is 0.369. The van der Waals surface area contributed by atoms with Crippen LogP contribution in [0.3, 0.4) is 0 Å². The molecule has 17 heavy (non-hydrogen) atoms. The summed E-state index contributed by atoms with van der Waals surface area (Å²) in [4.78, 5) is 0. The predicted octanol–water partition coefficient (Wildman–Crippen LogP) is 5.58. The molecule has 1 unspecified atom stereocenters. The van der Waals surface area contributed by atoms with E-state index in [4.69, 9.17) is 34.8 Å². The maximum Gasteiger partial charge on any atom is 0.0439 e. The largest absolute Gasteiger partial charge is 0.126 e. The van der Waals surface area contributed by atoms with Crippen molar-refractivity contribution < 1.29 is 0 Å². The summed E-state index contributed by atoms with van der Waals surface area (Å²) in [5.41, 5.74) is 1.14. The maximum atomic E-state index is 6.20. The molecule has 1 saturated carbocycles. The molecular formula is C14H17Cl3. The highest BCUT2D eigenvalue weighted by Crippen LogP contribution is 2.35. The molecule has 1 aliphatic rings.